The predicted molar refractivity (Wildman–Crippen MR) is 72.6 cm³/mol. The summed E-state index contributed by atoms with van der Waals surface area (Å²) < 4.78 is 5.42. The van der Waals surface area contributed by atoms with E-state index < -0.39 is 0 Å². The number of ether oxygens (including phenoxy) is 1. The molecule has 0 saturated heterocycles. The molecule has 0 atom stereocenters. The van der Waals surface area contributed by atoms with E-state index in [0.717, 1.165) is 11.1 Å². The molecule has 0 aliphatic rings. The van der Waals surface area contributed by atoms with Crippen LogP contribution in [0.1, 0.15) is 19.4 Å². The van der Waals surface area contributed by atoms with Crippen LogP contribution >= 0.6 is 23.4 Å². The summed E-state index contributed by atoms with van der Waals surface area (Å²) in [4.78, 5) is 0. The lowest BCUT2D eigenvalue weighted by Crippen LogP contribution is -1.93. The molecule has 16 heavy (non-hydrogen) atoms. The zero-order chi connectivity index (χ0) is 12.0. The van der Waals surface area contributed by atoms with Crippen molar-refractivity contribution in [2.24, 2.45) is 0 Å². The lowest BCUT2D eigenvalue weighted by Gasteiger charge is -2.08. The Morgan fingerprint density at radius 1 is 1.56 bits per heavy atom. The summed E-state index contributed by atoms with van der Waals surface area (Å²) in [7, 11) is 0. The Hall–Kier alpha value is -0.930. The summed E-state index contributed by atoms with van der Waals surface area (Å²) in [6.45, 7) is 4.52. The van der Waals surface area contributed by atoms with Crippen molar-refractivity contribution in [2.45, 2.75) is 13.8 Å². The monoisotopic (exact) mass is 255 g/mol. The Morgan fingerprint density at radius 3 is 2.94 bits per heavy atom. The quantitative estimate of drug-likeness (QED) is 0.623. The minimum atomic E-state index is 0.598. The molecule has 1 aromatic carbocycles. The third kappa shape index (κ3) is 3.58. The molecule has 1 N–H and O–H groups in total. The molecular weight excluding hydrogens is 242 g/mol. The van der Waals surface area contributed by atoms with Gasteiger partial charge in [-0.25, -0.2) is 0 Å². The van der Waals surface area contributed by atoms with Gasteiger partial charge in [-0.3, -0.25) is 0 Å². The van der Waals surface area contributed by atoms with Crippen molar-refractivity contribution in [2.75, 3.05) is 6.61 Å². The molecule has 0 heterocycles. The molecule has 2 nitrogen and oxygen atoms in total. The Morgan fingerprint density at radius 2 is 2.31 bits per heavy atom. The van der Waals surface area contributed by atoms with Gasteiger partial charge >= 0.3 is 0 Å². The van der Waals surface area contributed by atoms with E-state index in [1.807, 2.05) is 37.5 Å². The lowest BCUT2D eigenvalue weighted by atomic mass is 10.1. The number of allylic oxidation sites excluding steroid dienone is 1. The molecule has 0 amide bonds. The van der Waals surface area contributed by atoms with E-state index in [0.29, 0.717) is 17.4 Å². The molecule has 0 radical (unpaired) electrons. The molecule has 1 rings (SSSR count). The SMILES string of the molecule is CCOc1cc(/C(C)=C/SC=N)ccc1Cl. The summed E-state index contributed by atoms with van der Waals surface area (Å²) in [6, 6.07) is 5.69. The van der Waals surface area contributed by atoms with Crippen molar-refractivity contribution in [1.82, 2.24) is 0 Å². The fourth-order valence-corrected chi connectivity index (χ4v) is 1.80. The lowest BCUT2D eigenvalue weighted by molar-refractivity contribution is 0.340. The van der Waals surface area contributed by atoms with Gasteiger partial charge in [-0.2, -0.15) is 0 Å². The second kappa shape index (κ2) is 6.61. The van der Waals surface area contributed by atoms with E-state index in [-0.39, 0.29) is 0 Å². The van der Waals surface area contributed by atoms with Crippen LogP contribution in [0.5, 0.6) is 5.75 Å². The molecular formula is C12H14ClNOS. The molecule has 0 aliphatic carbocycles. The highest BCUT2D eigenvalue weighted by Crippen LogP contribution is 2.29. The van der Waals surface area contributed by atoms with Crippen molar-refractivity contribution in [1.29, 1.82) is 5.41 Å². The fraction of sp³-hybridized carbons (Fsp3) is 0.250. The van der Waals surface area contributed by atoms with E-state index in [2.05, 4.69) is 0 Å². The highest BCUT2D eigenvalue weighted by molar-refractivity contribution is 8.14. The molecule has 0 aliphatic heterocycles. The molecule has 0 aromatic heterocycles. The first-order chi connectivity index (χ1) is 7.69. The maximum Gasteiger partial charge on any atom is 0.138 e. The van der Waals surface area contributed by atoms with Crippen LogP contribution in [0.15, 0.2) is 23.6 Å². The van der Waals surface area contributed by atoms with E-state index >= 15 is 0 Å². The van der Waals surface area contributed by atoms with Gasteiger partial charge in [0.05, 0.1) is 17.2 Å². The Balaban J connectivity index is 2.97. The molecule has 0 saturated carbocycles. The molecule has 0 fully saturated rings. The Bertz CT molecular complexity index is 404. The van der Waals surface area contributed by atoms with Crippen molar-refractivity contribution in [3.8, 4) is 5.75 Å². The van der Waals surface area contributed by atoms with Gasteiger partial charge in [0.25, 0.3) is 0 Å². The van der Waals surface area contributed by atoms with Gasteiger partial charge in [-0.1, -0.05) is 29.4 Å². The second-order valence-corrected chi connectivity index (χ2v) is 4.28. The third-order valence-electron chi connectivity index (χ3n) is 2.00. The standard InChI is InChI=1S/C12H14ClNOS/c1-3-15-12-6-10(4-5-11(12)13)9(2)7-16-8-14/h4-8,14H,3H2,1-2H3/b9-7+,14-8?. The normalized spacial score (nSPS) is 11.3. The van der Waals surface area contributed by atoms with E-state index in [1.54, 1.807) is 0 Å². The molecule has 0 bridgehead atoms. The van der Waals surface area contributed by atoms with Gasteiger partial charge in [0.1, 0.15) is 5.75 Å². The minimum Gasteiger partial charge on any atom is -0.492 e. The summed E-state index contributed by atoms with van der Waals surface area (Å²) in [6.07, 6.45) is 0. The highest BCUT2D eigenvalue weighted by Gasteiger charge is 2.03. The van der Waals surface area contributed by atoms with Crippen LogP contribution in [0.2, 0.25) is 5.02 Å². The average molecular weight is 256 g/mol. The van der Waals surface area contributed by atoms with E-state index in [9.17, 15) is 0 Å². The zero-order valence-electron chi connectivity index (χ0n) is 9.29. The number of halogens is 1. The van der Waals surface area contributed by atoms with Gasteiger partial charge in [-0.15, -0.1) is 0 Å². The minimum absolute atomic E-state index is 0.598. The number of rotatable bonds is 5. The number of thioether (sulfide) groups is 1. The average Bonchev–Trinajstić information content (AvgIpc) is 2.29. The first kappa shape index (κ1) is 13.1. The van der Waals surface area contributed by atoms with Crippen molar-refractivity contribution in [3.63, 3.8) is 0 Å². The topological polar surface area (TPSA) is 33.1 Å². The summed E-state index contributed by atoms with van der Waals surface area (Å²) >= 11 is 7.34. The maximum absolute atomic E-state index is 6.95. The van der Waals surface area contributed by atoms with Gasteiger partial charge in [-0.05, 0) is 42.5 Å². The van der Waals surface area contributed by atoms with Gasteiger partial charge in [0.15, 0.2) is 0 Å². The van der Waals surface area contributed by atoms with Crippen molar-refractivity contribution in [3.05, 3.63) is 34.2 Å². The largest absolute Gasteiger partial charge is 0.492 e. The molecule has 1 aromatic rings. The number of hydrogen-bond acceptors (Lipinski definition) is 3. The van der Waals surface area contributed by atoms with Gasteiger partial charge < -0.3 is 10.1 Å². The van der Waals surface area contributed by atoms with Crippen LogP contribution in [0.3, 0.4) is 0 Å². The zero-order valence-corrected chi connectivity index (χ0v) is 10.9. The number of nitrogens with one attached hydrogen (secondary N) is 1. The summed E-state index contributed by atoms with van der Waals surface area (Å²) in [5.74, 6) is 0.703. The van der Waals surface area contributed by atoms with Crippen LogP contribution in [0.25, 0.3) is 5.57 Å². The van der Waals surface area contributed by atoms with Crippen LogP contribution in [-0.2, 0) is 0 Å². The first-order valence-corrected chi connectivity index (χ1v) is 6.25. The molecule has 0 spiro atoms. The first-order valence-electron chi connectivity index (χ1n) is 4.93. The van der Waals surface area contributed by atoms with Crippen molar-refractivity contribution < 1.29 is 4.74 Å². The molecule has 4 heteroatoms. The fourth-order valence-electron chi connectivity index (χ4n) is 1.22. The highest BCUT2D eigenvalue weighted by atomic mass is 35.5. The Labute approximate surface area is 105 Å². The van der Waals surface area contributed by atoms with Crippen LogP contribution < -0.4 is 4.74 Å². The molecule has 0 unspecified atom stereocenters. The predicted octanol–water partition coefficient (Wildman–Crippen LogP) is 4.44. The van der Waals surface area contributed by atoms with E-state index in [4.69, 9.17) is 21.7 Å². The summed E-state index contributed by atoms with van der Waals surface area (Å²) in [5.41, 5.74) is 3.44. The second-order valence-electron chi connectivity index (χ2n) is 3.13. The number of hydrogen-bond donors (Lipinski definition) is 1. The van der Waals surface area contributed by atoms with Gasteiger partial charge in [0, 0.05) is 0 Å². The van der Waals surface area contributed by atoms with Gasteiger partial charge in [0.2, 0.25) is 0 Å². The van der Waals surface area contributed by atoms with E-state index in [1.165, 1.54) is 17.3 Å². The Kier molecular flexibility index (Phi) is 5.43. The van der Waals surface area contributed by atoms with Crippen LogP contribution in [0, 0.1) is 5.41 Å². The number of benzene rings is 1. The van der Waals surface area contributed by atoms with Crippen LogP contribution in [-0.4, -0.2) is 12.2 Å². The van der Waals surface area contributed by atoms with Crippen molar-refractivity contribution >= 4 is 34.5 Å². The summed E-state index contributed by atoms with van der Waals surface area (Å²) in [5, 5.41) is 9.49. The molecule has 86 valence electrons. The smallest absolute Gasteiger partial charge is 0.138 e. The third-order valence-corrected chi connectivity index (χ3v) is 2.94. The maximum atomic E-state index is 6.95. The van der Waals surface area contributed by atoms with Crippen LogP contribution in [0.4, 0.5) is 0 Å².